The molecule has 1 unspecified atom stereocenters. The van der Waals surface area contributed by atoms with Crippen molar-refractivity contribution in [3.05, 3.63) is 101 Å². The van der Waals surface area contributed by atoms with Crippen LogP contribution in [0.15, 0.2) is 84.2 Å². The molecule has 4 aromatic rings. The van der Waals surface area contributed by atoms with Crippen LogP contribution in [-0.4, -0.2) is 35.1 Å². The second kappa shape index (κ2) is 12.4. The molecule has 196 valence electrons. The highest BCUT2D eigenvalue weighted by atomic mass is 32.1. The molecule has 0 radical (unpaired) electrons. The number of carboxylic acid groups (broad SMARTS) is 1. The van der Waals surface area contributed by atoms with E-state index in [0.29, 0.717) is 18.7 Å². The number of para-hydroxylation sites is 1. The van der Waals surface area contributed by atoms with Crippen molar-refractivity contribution in [3.8, 4) is 17.0 Å². The Morgan fingerprint density at radius 2 is 1.58 bits per heavy atom. The van der Waals surface area contributed by atoms with E-state index in [2.05, 4.69) is 22.3 Å². The molecule has 1 heterocycles. The average molecular weight is 530 g/mol. The molecule has 0 aliphatic heterocycles. The number of thiazole rings is 1. The number of hydrogen-bond acceptors (Lipinski definition) is 6. The Balaban J connectivity index is 1.56. The molecule has 4 rings (SSSR count). The lowest BCUT2D eigenvalue weighted by molar-refractivity contribution is -0.140. The highest BCUT2D eigenvalue weighted by Gasteiger charge is 2.24. The van der Waals surface area contributed by atoms with Crippen LogP contribution in [0, 0.1) is 5.92 Å². The van der Waals surface area contributed by atoms with E-state index in [1.165, 1.54) is 0 Å². The summed E-state index contributed by atoms with van der Waals surface area (Å²) in [5.74, 6) is -0.894. The molecule has 7 nitrogen and oxygen atoms in total. The lowest BCUT2D eigenvalue weighted by Gasteiger charge is -2.22. The Labute approximate surface area is 226 Å². The summed E-state index contributed by atoms with van der Waals surface area (Å²) in [6, 6.07) is 24.3. The van der Waals surface area contributed by atoms with Gasteiger partial charge in [-0.25, -0.2) is 9.78 Å². The van der Waals surface area contributed by atoms with Gasteiger partial charge in [-0.1, -0.05) is 68.4 Å². The van der Waals surface area contributed by atoms with E-state index in [4.69, 9.17) is 9.72 Å². The molecular weight excluding hydrogens is 498 g/mol. The standard InChI is InChI=1S/C30H31N3O4S/c1-20(2)27(29(35)36)32-28(34)23-15-13-22(14-16-23)18-33(17-21-9-5-4-6-10-21)30-31-25(19-38-30)24-11-7-8-12-26(24)37-3/h4-16,19-20,27H,17-18H2,1-3H3,(H,32,34)(H,35,36). The van der Waals surface area contributed by atoms with Gasteiger partial charge in [0.25, 0.3) is 5.91 Å². The number of hydrogen-bond donors (Lipinski definition) is 2. The maximum atomic E-state index is 12.6. The van der Waals surface area contributed by atoms with E-state index in [-0.39, 0.29) is 5.92 Å². The number of methoxy groups -OCH3 is 1. The fourth-order valence-electron chi connectivity index (χ4n) is 4.10. The number of benzene rings is 3. The lowest BCUT2D eigenvalue weighted by Crippen LogP contribution is -2.44. The number of ether oxygens (including phenoxy) is 1. The van der Waals surface area contributed by atoms with Gasteiger partial charge in [0, 0.05) is 29.6 Å². The summed E-state index contributed by atoms with van der Waals surface area (Å²) in [4.78, 5) is 31.2. The topological polar surface area (TPSA) is 91.8 Å². The van der Waals surface area contributed by atoms with Crippen molar-refractivity contribution in [1.29, 1.82) is 0 Å². The van der Waals surface area contributed by atoms with Crippen molar-refractivity contribution < 1.29 is 19.4 Å². The van der Waals surface area contributed by atoms with E-state index < -0.39 is 17.9 Å². The van der Waals surface area contributed by atoms with Gasteiger partial charge in [-0.05, 0) is 41.3 Å². The molecule has 0 aliphatic rings. The van der Waals surface area contributed by atoms with Gasteiger partial charge in [0.05, 0.1) is 12.8 Å². The summed E-state index contributed by atoms with van der Waals surface area (Å²) in [6.07, 6.45) is 0. The molecular formula is C30H31N3O4S. The van der Waals surface area contributed by atoms with E-state index >= 15 is 0 Å². The first-order chi connectivity index (χ1) is 18.4. The molecule has 8 heteroatoms. The van der Waals surface area contributed by atoms with Gasteiger partial charge in [-0.3, -0.25) is 4.79 Å². The molecule has 2 N–H and O–H groups in total. The highest BCUT2D eigenvalue weighted by molar-refractivity contribution is 7.14. The summed E-state index contributed by atoms with van der Waals surface area (Å²) in [5, 5.41) is 14.9. The molecule has 0 saturated heterocycles. The number of nitrogens with one attached hydrogen (secondary N) is 1. The molecule has 0 aliphatic carbocycles. The molecule has 38 heavy (non-hydrogen) atoms. The van der Waals surface area contributed by atoms with Crippen molar-refractivity contribution in [3.63, 3.8) is 0 Å². The normalized spacial score (nSPS) is 11.7. The first kappa shape index (κ1) is 26.9. The predicted octanol–water partition coefficient (Wildman–Crippen LogP) is 5.86. The number of anilines is 1. The largest absolute Gasteiger partial charge is 0.496 e. The number of aliphatic carboxylic acids is 1. The molecule has 0 saturated carbocycles. The summed E-state index contributed by atoms with van der Waals surface area (Å²) in [7, 11) is 1.66. The van der Waals surface area contributed by atoms with Crippen LogP contribution >= 0.6 is 11.3 Å². The van der Waals surface area contributed by atoms with E-state index in [9.17, 15) is 14.7 Å². The summed E-state index contributed by atoms with van der Waals surface area (Å²) in [5.41, 5.74) is 4.37. The van der Waals surface area contributed by atoms with E-state index in [1.807, 2.05) is 60.0 Å². The van der Waals surface area contributed by atoms with Gasteiger partial charge in [0.2, 0.25) is 0 Å². The Hall–Kier alpha value is -4.17. The van der Waals surface area contributed by atoms with Gasteiger partial charge in [0.1, 0.15) is 11.8 Å². The molecule has 1 aromatic heterocycles. The third-order valence-corrected chi connectivity index (χ3v) is 7.07. The minimum Gasteiger partial charge on any atom is -0.496 e. The van der Waals surface area contributed by atoms with Gasteiger partial charge in [-0.15, -0.1) is 11.3 Å². The third-order valence-electron chi connectivity index (χ3n) is 6.17. The Kier molecular flexibility index (Phi) is 8.76. The smallest absolute Gasteiger partial charge is 0.326 e. The Morgan fingerprint density at radius 1 is 0.947 bits per heavy atom. The van der Waals surface area contributed by atoms with Gasteiger partial charge in [-0.2, -0.15) is 0 Å². The van der Waals surface area contributed by atoms with Crippen molar-refractivity contribution in [2.75, 3.05) is 12.0 Å². The number of amides is 1. The minimum atomic E-state index is -1.04. The van der Waals surface area contributed by atoms with Crippen molar-refractivity contribution in [2.45, 2.75) is 33.0 Å². The molecule has 1 atom stereocenters. The van der Waals surface area contributed by atoms with Crippen LogP contribution < -0.4 is 15.0 Å². The maximum Gasteiger partial charge on any atom is 0.326 e. The van der Waals surface area contributed by atoms with Crippen LogP contribution in [0.5, 0.6) is 5.75 Å². The second-order valence-corrected chi connectivity index (χ2v) is 10.1. The predicted molar refractivity (Wildman–Crippen MR) is 151 cm³/mol. The van der Waals surface area contributed by atoms with Crippen molar-refractivity contribution >= 4 is 28.3 Å². The zero-order chi connectivity index (χ0) is 27.1. The van der Waals surface area contributed by atoms with Gasteiger partial charge < -0.3 is 20.1 Å². The van der Waals surface area contributed by atoms with Crippen LogP contribution in [0.2, 0.25) is 0 Å². The Morgan fingerprint density at radius 3 is 2.21 bits per heavy atom. The molecule has 0 bridgehead atoms. The van der Waals surface area contributed by atoms with Gasteiger partial charge in [0.15, 0.2) is 5.13 Å². The van der Waals surface area contributed by atoms with E-state index in [1.54, 1.807) is 44.4 Å². The van der Waals surface area contributed by atoms with Crippen molar-refractivity contribution in [1.82, 2.24) is 10.3 Å². The fraction of sp³-hybridized carbons (Fsp3) is 0.233. The summed E-state index contributed by atoms with van der Waals surface area (Å²) < 4.78 is 5.53. The number of rotatable bonds is 11. The highest BCUT2D eigenvalue weighted by Crippen LogP contribution is 2.34. The molecule has 1 amide bonds. The minimum absolute atomic E-state index is 0.221. The summed E-state index contributed by atoms with van der Waals surface area (Å²) >= 11 is 1.57. The number of carbonyl (C=O) groups is 2. The molecule has 0 fully saturated rings. The maximum absolute atomic E-state index is 12.6. The average Bonchev–Trinajstić information content (AvgIpc) is 3.42. The SMILES string of the molecule is COc1ccccc1-c1csc(N(Cc2ccccc2)Cc2ccc(C(=O)NC(C(=O)O)C(C)C)cc2)n1. The van der Waals surface area contributed by atoms with Crippen LogP contribution in [0.3, 0.4) is 0 Å². The summed E-state index contributed by atoms with van der Waals surface area (Å²) in [6.45, 7) is 4.78. The third kappa shape index (κ3) is 6.58. The number of aromatic nitrogens is 1. The first-order valence-electron chi connectivity index (χ1n) is 12.4. The zero-order valence-corrected chi connectivity index (χ0v) is 22.4. The first-order valence-corrected chi connectivity index (χ1v) is 13.2. The monoisotopic (exact) mass is 529 g/mol. The van der Waals surface area contributed by atoms with Gasteiger partial charge >= 0.3 is 5.97 Å². The van der Waals surface area contributed by atoms with Crippen LogP contribution in [0.25, 0.3) is 11.3 Å². The zero-order valence-electron chi connectivity index (χ0n) is 21.6. The van der Waals surface area contributed by atoms with E-state index in [0.717, 1.165) is 33.3 Å². The fourth-order valence-corrected chi connectivity index (χ4v) is 4.93. The number of carbonyl (C=O) groups excluding carboxylic acids is 1. The van der Waals surface area contributed by atoms with Crippen LogP contribution in [0.4, 0.5) is 5.13 Å². The number of carboxylic acids is 1. The Bertz CT molecular complexity index is 1370. The quantitative estimate of drug-likeness (QED) is 0.253. The van der Waals surface area contributed by atoms with Crippen LogP contribution in [-0.2, 0) is 17.9 Å². The molecule has 0 spiro atoms. The number of nitrogens with zero attached hydrogens (tertiary/aromatic N) is 2. The second-order valence-electron chi connectivity index (χ2n) is 9.29. The molecule has 3 aromatic carbocycles. The lowest BCUT2D eigenvalue weighted by atomic mass is 10.0. The van der Waals surface area contributed by atoms with Crippen molar-refractivity contribution in [2.24, 2.45) is 5.92 Å². The van der Waals surface area contributed by atoms with Crippen LogP contribution in [0.1, 0.15) is 35.3 Å².